The van der Waals surface area contributed by atoms with Crippen molar-refractivity contribution in [2.24, 2.45) is 0 Å². The zero-order valence-electron chi connectivity index (χ0n) is 9.49. The lowest BCUT2D eigenvalue weighted by Crippen LogP contribution is -2.33. The Labute approximate surface area is 99.2 Å². The van der Waals surface area contributed by atoms with Crippen LogP contribution in [0, 0.1) is 5.82 Å². The molecule has 1 aromatic carbocycles. The monoisotopic (exact) mass is 238 g/mol. The van der Waals surface area contributed by atoms with Gasteiger partial charge in [0.25, 0.3) is 5.91 Å². The molecule has 1 heterocycles. The van der Waals surface area contributed by atoms with Gasteiger partial charge in [0.15, 0.2) is 0 Å². The number of hydrogen-bond donors (Lipinski definition) is 1. The highest BCUT2D eigenvalue weighted by Gasteiger charge is 2.20. The van der Waals surface area contributed by atoms with Crippen LogP contribution in [0.5, 0.6) is 0 Å². The standard InChI is InChI=1S/C12H15FN2O2/c13-11-3-2-9(14)8-10(11)12(16)15-4-1-6-17-7-5-15/h2-3,8H,1,4-7,14H2. The lowest BCUT2D eigenvalue weighted by molar-refractivity contribution is 0.0737. The van der Waals surface area contributed by atoms with Gasteiger partial charge in [-0.1, -0.05) is 0 Å². The molecule has 0 aliphatic carbocycles. The largest absolute Gasteiger partial charge is 0.399 e. The molecular weight excluding hydrogens is 223 g/mol. The molecule has 0 aromatic heterocycles. The van der Waals surface area contributed by atoms with E-state index in [0.717, 1.165) is 6.42 Å². The second kappa shape index (κ2) is 5.14. The summed E-state index contributed by atoms with van der Waals surface area (Å²) in [6.45, 7) is 2.22. The Balaban J connectivity index is 2.20. The summed E-state index contributed by atoms with van der Waals surface area (Å²) >= 11 is 0. The number of hydrogen-bond acceptors (Lipinski definition) is 3. The van der Waals surface area contributed by atoms with E-state index in [9.17, 15) is 9.18 Å². The summed E-state index contributed by atoms with van der Waals surface area (Å²) in [7, 11) is 0. The summed E-state index contributed by atoms with van der Waals surface area (Å²) in [4.78, 5) is 13.7. The SMILES string of the molecule is Nc1ccc(F)c(C(=O)N2CCCOCC2)c1. The number of benzene rings is 1. The van der Waals surface area contributed by atoms with Crippen LogP contribution in [0.4, 0.5) is 10.1 Å². The molecule has 0 saturated carbocycles. The number of ether oxygens (including phenoxy) is 1. The van der Waals surface area contributed by atoms with Gasteiger partial charge >= 0.3 is 0 Å². The Kier molecular flexibility index (Phi) is 3.58. The molecule has 0 bridgehead atoms. The minimum Gasteiger partial charge on any atom is -0.399 e. The van der Waals surface area contributed by atoms with Gasteiger partial charge in [-0.25, -0.2) is 4.39 Å². The average molecular weight is 238 g/mol. The molecule has 5 heteroatoms. The fourth-order valence-corrected chi connectivity index (χ4v) is 1.83. The third-order valence-electron chi connectivity index (χ3n) is 2.73. The molecule has 2 N–H and O–H groups in total. The maximum atomic E-state index is 13.5. The fourth-order valence-electron chi connectivity index (χ4n) is 1.83. The number of nitrogen functional groups attached to an aromatic ring is 1. The normalized spacial score (nSPS) is 16.6. The van der Waals surface area contributed by atoms with E-state index in [-0.39, 0.29) is 11.5 Å². The number of nitrogens with zero attached hydrogens (tertiary/aromatic N) is 1. The number of carbonyl (C=O) groups excluding carboxylic acids is 1. The fraction of sp³-hybridized carbons (Fsp3) is 0.417. The molecule has 1 fully saturated rings. The number of amides is 1. The lowest BCUT2D eigenvalue weighted by Gasteiger charge is -2.20. The van der Waals surface area contributed by atoms with Crippen molar-refractivity contribution in [1.82, 2.24) is 4.90 Å². The van der Waals surface area contributed by atoms with Crippen molar-refractivity contribution < 1.29 is 13.9 Å². The van der Waals surface area contributed by atoms with Crippen LogP contribution in [0.15, 0.2) is 18.2 Å². The summed E-state index contributed by atoms with van der Waals surface area (Å²) in [5.74, 6) is -0.852. The molecule has 92 valence electrons. The minimum atomic E-state index is -0.533. The molecule has 1 aromatic rings. The Hall–Kier alpha value is -1.62. The third-order valence-corrected chi connectivity index (χ3v) is 2.73. The molecule has 17 heavy (non-hydrogen) atoms. The molecule has 0 atom stereocenters. The Morgan fingerprint density at radius 1 is 1.35 bits per heavy atom. The number of carbonyl (C=O) groups is 1. The van der Waals surface area contributed by atoms with Gasteiger partial charge in [0.2, 0.25) is 0 Å². The second-order valence-electron chi connectivity index (χ2n) is 4.00. The number of halogens is 1. The van der Waals surface area contributed by atoms with E-state index >= 15 is 0 Å². The highest BCUT2D eigenvalue weighted by molar-refractivity contribution is 5.95. The summed E-state index contributed by atoms with van der Waals surface area (Å²) < 4.78 is 18.8. The quantitative estimate of drug-likeness (QED) is 0.750. The molecular formula is C12H15FN2O2. The van der Waals surface area contributed by atoms with Crippen LogP contribution in [0.3, 0.4) is 0 Å². The van der Waals surface area contributed by atoms with Crippen molar-refractivity contribution in [3.05, 3.63) is 29.6 Å². The van der Waals surface area contributed by atoms with Gasteiger partial charge in [-0.3, -0.25) is 4.79 Å². The van der Waals surface area contributed by atoms with Crippen LogP contribution in [-0.2, 0) is 4.74 Å². The first-order chi connectivity index (χ1) is 8.18. The molecule has 0 spiro atoms. The van der Waals surface area contributed by atoms with Gasteiger partial charge in [-0.15, -0.1) is 0 Å². The van der Waals surface area contributed by atoms with Crippen molar-refractivity contribution in [2.45, 2.75) is 6.42 Å². The summed E-state index contributed by atoms with van der Waals surface area (Å²) in [6, 6.07) is 4.04. The highest BCUT2D eigenvalue weighted by Crippen LogP contribution is 2.15. The van der Waals surface area contributed by atoms with Crippen molar-refractivity contribution in [1.29, 1.82) is 0 Å². The number of nitrogens with two attached hydrogens (primary N) is 1. The zero-order valence-corrected chi connectivity index (χ0v) is 9.49. The second-order valence-corrected chi connectivity index (χ2v) is 4.00. The van der Waals surface area contributed by atoms with E-state index in [1.165, 1.54) is 18.2 Å². The van der Waals surface area contributed by atoms with Crippen LogP contribution in [-0.4, -0.2) is 37.1 Å². The highest BCUT2D eigenvalue weighted by atomic mass is 19.1. The van der Waals surface area contributed by atoms with Crippen LogP contribution < -0.4 is 5.73 Å². The predicted octanol–water partition coefficient (Wildman–Crippen LogP) is 1.27. The van der Waals surface area contributed by atoms with Gasteiger partial charge in [-0.2, -0.15) is 0 Å². The Morgan fingerprint density at radius 3 is 3.00 bits per heavy atom. The summed E-state index contributed by atoms with van der Waals surface area (Å²) in [5, 5.41) is 0. The summed E-state index contributed by atoms with van der Waals surface area (Å²) in [6.07, 6.45) is 0.773. The van der Waals surface area contributed by atoms with Gasteiger partial charge < -0.3 is 15.4 Å². The Morgan fingerprint density at radius 2 is 2.18 bits per heavy atom. The van der Waals surface area contributed by atoms with E-state index in [1.807, 2.05) is 0 Å². The first-order valence-corrected chi connectivity index (χ1v) is 5.60. The predicted molar refractivity (Wildman–Crippen MR) is 62.2 cm³/mol. The van der Waals surface area contributed by atoms with Crippen molar-refractivity contribution >= 4 is 11.6 Å². The van der Waals surface area contributed by atoms with E-state index in [0.29, 0.717) is 32.0 Å². The van der Waals surface area contributed by atoms with Crippen molar-refractivity contribution in [3.8, 4) is 0 Å². The van der Waals surface area contributed by atoms with Crippen LogP contribution >= 0.6 is 0 Å². The van der Waals surface area contributed by atoms with Crippen LogP contribution in [0.2, 0.25) is 0 Å². The zero-order chi connectivity index (χ0) is 12.3. The molecule has 1 saturated heterocycles. The Bertz CT molecular complexity index is 415. The molecule has 1 amide bonds. The van der Waals surface area contributed by atoms with E-state index in [4.69, 9.17) is 10.5 Å². The smallest absolute Gasteiger partial charge is 0.256 e. The first-order valence-electron chi connectivity index (χ1n) is 5.60. The maximum Gasteiger partial charge on any atom is 0.256 e. The van der Waals surface area contributed by atoms with E-state index in [1.54, 1.807) is 4.90 Å². The van der Waals surface area contributed by atoms with Gasteiger partial charge in [0.1, 0.15) is 5.82 Å². The van der Waals surface area contributed by atoms with E-state index in [2.05, 4.69) is 0 Å². The van der Waals surface area contributed by atoms with Gasteiger partial charge in [-0.05, 0) is 24.6 Å². The molecule has 2 rings (SSSR count). The molecule has 4 nitrogen and oxygen atoms in total. The van der Waals surface area contributed by atoms with Crippen molar-refractivity contribution in [3.63, 3.8) is 0 Å². The third kappa shape index (κ3) is 2.74. The molecule has 0 unspecified atom stereocenters. The van der Waals surface area contributed by atoms with Gasteiger partial charge in [0, 0.05) is 25.4 Å². The van der Waals surface area contributed by atoms with E-state index < -0.39 is 5.82 Å². The van der Waals surface area contributed by atoms with Crippen LogP contribution in [0.1, 0.15) is 16.8 Å². The molecule has 0 radical (unpaired) electrons. The molecule has 1 aliphatic rings. The average Bonchev–Trinajstić information content (AvgIpc) is 2.60. The first kappa shape index (κ1) is 11.9. The molecule has 1 aliphatic heterocycles. The lowest BCUT2D eigenvalue weighted by atomic mass is 10.1. The van der Waals surface area contributed by atoms with Crippen molar-refractivity contribution in [2.75, 3.05) is 32.0 Å². The topological polar surface area (TPSA) is 55.6 Å². The van der Waals surface area contributed by atoms with Gasteiger partial charge in [0.05, 0.1) is 12.2 Å². The maximum absolute atomic E-state index is 13.5. The number of anilines is 1. The van der Waals surface area contributed by atoms with Crippen LogP contribution in [0.25, 0.3) is 0 Å². The minimum absolute atomic E-state index is 0.0342. The number of rotatable bonds is 1. The summed E-state index contributed by atoms with van der Waals surface area (Å²) in [5.41, 5.74) is 5.99.